The molecular formula is C17H15BrN2O2. The van der Waals surface area contributed by atoms with Crippen molar-refractivity contribution >= 4 is 27.7 Å². The predicted octanol–water partition coefficient (Wildman–Crippen LogP) is 4.03. The molecule has 4 rings (SSSR count). The first-order chi connectivity index (χ1) is 10.7. The van der Waals surface area contributed by atoms with E-state index in [2.05, 4.69) is 20.9 Å². The summed E-state index contributed by atoms with van der Waals surface area (Å²) in [6.45, 7) is 0.543. The van der Waals surface area contributed by atoms with Crippen LogP contribution >= 0.6 is 15.9 Å². The molecule has 2 heterocycles. The van der Waals surface area contributed by atoms with Crippen LogP contribution < -0.4 is 4.90 Å². The van der Waals surface area contributed by atoms with Crippen LogP contribution in [0.2, 0.25) is 0 Å². The molecule has 5 heteroatoms. The molecule has 1 aromatic heterocycles. The van der Waals surface area contributed by atoms with Crippen LogP contribution in [-0.2, 0) is 16.8 Å². The van der Waals surface area contributed by atoms with Crippen LogP contribution in [0, 0.1) is 0 Å². The first kappa shape index (κ1) is 13.8. The molecule has 112 valence electrons. The van der Waals surface area contributed by atoms with E-state index in [-0.39, 0.29) is 6.09 Å². The summed E-state index contributed by atoms with van der Waals surface area (Å²) in [5.41, 5.74) is 2.38. The summed E-state index contributed by atoms with van der Waals surface area (Å²) in [4.78, 5) is 18.6. The molecular weight excluding hydrogens is 344 g/mol. The van der Waals surface area contributed by atoms with Gasteiger partial charge in [-0.15, -0.1) is 0 Å². The standard InChI is InChI=1S/C17H15BrN2O2/c18-12-9-14-15(19-10-12)7-4-8-17(14)11-20(16(21)22-17)13-5-2-1-3-6-13/h1-3,5-6,9-10H,4,7-8,11H2. The monoisotopic (exact) mass is 358 g/mol. The number of amides is 1. The summed E-state index contributed by atoms with van der Waals surface area (Å²) in [5.74, 6) is 0. The molecule has 1 spiro atoms. The summed E-state index contributed by atoms with van der Waals surface area (Å²) in [7, 11) is 0. The highest BCUT2D eigenvalue weighted by molar-refractivity contribution is 9.10. The average Bonchev–Trinajstić information content (AvgIpc) is 2.87. The molecule has 0 bridgehead atoms. The average molecular weight is 359 g/mol. The van der Waals surface area contributed by atoms with Gasteiger partial charge in [-0.1, -0.05) is 18.2 Å². The number of hydrogen-bond donors (Lipinski definition) is 0. The topological polar surface area (TPSA) is 42.4 Å². The number of ether oxygens (including phenoxy) is 1. The second-order valence-corrected chi connectivity index (χ2v) is 6.70. The summed E-state index contributed by atoms with van der Waals surface area (Å²) >= 11 is 3.48. The van der Waals surface area contributed by atoms with E-state index < -0.39 is 5.60 Å². The molecule has 2 aliphatic rings. The van der Waals surface area contributed by atoms with Crippen LogP contribution in [0.1, 0.15) is 24.1 Å². The Kier molecular flexibility index (Phi) is 3.18. The summed E-state index contributed by atoms with van der Waals surface area (Å²) in [5, 5.41) is 0. The Hall–Kier alpha value is -1.88. The zero-order chi connectivity index (χ0) is 15.2. The van der Waals surface area contributed by atoms with Crippen molar-refractivity contribution in [2.45, 2.75) is 24.9 Å². The molecule has 1 unspecified atom stereocenters. The highest BCUT2D eigenvalue weighted by atomic mass is 79.9. The lowest BCUT2D eigenvalue weighted by Crippen LogP contribution is -2.36. The number of aromatic nitrogens is 1. The second-order valence-electron chi connectivity index (χ2n) is 5.79. The number of fused-ring (bicyclic) bond motifs is 2. The fourth-order valence-corrected chi connectivity index (χ4v) is 3.72. The Morgan fingerprint density at radius 3 is 2.91 bits per heavy atom. The third-order valence-electron chi connectivity index (χ3n) is 4.41. The van der Waals surface area contributed by atoms with E-state index in [1.807, 2.05) is 42.6 Å². The van der Waals surface area contributed by atoms with Crippen LogP contribution in [0.15, 0.2) is 47.1 Å². The maximum absolute atomic E-state index is 12.4. The van der Waals surface area contributed by atoms with Crippen molar-refractivity contribution < 1.29 is 9.53 Å². The van der Waals surface area contributed by atoms with Crippen LogP contribution in [0.3, 0.4) is 0 Å². The first-order valence-electron chi connectivity index (χ1n) is 7.38. The van der Waals surface area contributed by atoms with Gasteiger partial charge in [0.2, 0.25) is 0 Å². The summed E-state index contributed by atoms with van der Waals surface area (Å²) in [6, 6.07) is 11.7. The van der Waals surface area contributed by atoms with Gasteiger partial charge in [0.1, 0.15) is 0 Å². The second kappa shape index (κ2) is 5.09. The van der Waals surface area contributed by atoms with E-state index in [1.165, 1.54) is 0 Å². The van der Waals surface area contributed by atoms with Gasteiger partial charge < -0.3 is 4.74 Å². The van der Waals surface area contributed by atoms with Crippen molar-refractivity contribution in [2.75, 3.05) is 11.4 Å². The Morgan fingerprint density at radius 2 is 2.09 bits per heavy atom. The smallest absolute Gasteiger partial charge is 0.415 e. The first-order valence-corrected chi connectivity index (χ1v) is 8.18. The summed E-state index contributed by atoms with van der Waals surface area (Å²) in [6.07, 6.45) is 4.29. The molecule has 1 saturated heterocycles. The molecule has 0 N–H and O–H groups in total. The molecule has 4 nitrogen and oxygen atoms in total. The van der Waals surface area contributed by atoms with Gasteiger partial charge in [-0.2, -0.15) is 0 Å². The molecule has 1 fully saturated rings. The molecule has 2 aromatic rings. The normalized spacial score (nSPS) is 23.5. The van der Waals surface area contributed by atoms with Crippen molar-refractivity contribution in [3.63, 3.8) is 0 Å². The molecule has 0 radical (unpaired) electrons. The van der Waals surface area contributed by atoms with Gasteiger partial charge in [-0.3, -0.25) is 9.88 Å². The number of hydrogen-bond acceptors (Lipinski definition) is 3. The predicted molar refractivity (Wildman–Crippen MR) is 86.8 cm³/mol. The Morgan fingerprint density at radius 1 is 1.27 bits per heavy atom. The van der Waals surface area contributed by atoms with Gasteiger partial charge >= 0.3 is 6.09 Å². The van der Waals surface area contributed by atoms with E-state index in [4.69, 9.17) is 4.74 Å². The number of carbonyl (C=O) groups excluding carboxylic acids is 1. The van der Waals surface area contributed by atoms with Gasteiger partial charge in [0.15, 0.2) is 5.60 Å². The minimum atomic E-state index is -0.572. The van der Waals surface area contributed by atoms with Gasteiger partial charge in [-0.25, -0.2) is 4.79 Å². The number of benzene rings is 1. The third-order valence-corrected chi connectivity index (χ3v) is 4.84. The molecule has 1 aliphatic carbocycles. The molecule has 0 saturated carbocycles. The number of rotatable bonds is 1. The lowest BCUT2D eigenvalue weighted by atomic mass is 9.81. The minimum Gasteiger partial charge on any atom is -0.436 e. The van der Waals surface area contributed by atoms with Crippen molar-refractivity contribution in [1.29, 1.82) is 0 Å². The number of para-hydroxylation sites is 1. The zero-order valence-electron chi connectivity index (χ0n) is 12.0. The van der Waals surface area contributed by atoms with E-state index in [0.717, 1.165) is 40.7 Å². The Bertz CT molecular complexity index is 735. The van der Waals surface area contributed by atoms with Crippen LogP contribution in [0.4, 0.5) is 10.5 Å². The third kappa shape index (κ3) is 2.11. The van der Waals surface area contributed by atoms with Gasteiger partial charge in [0.25, 0.3) is 0 Å². The van der Waals surface area contributed by atoms with Crippen molar-refractivity contribution in [3.8, 4) is 0 Å². The van der Waals surface area contributed by atoms with Gasteiger partial charge in [-0.05, 0) is 53.4 Å². The Balaban J connectivity index is 1.76. The number of nitrogens with zero attached hydrogens (tertiary/aromatic N) is 2. The molecule has 1 aliphatic heterocycles. The number of carbonyl (C=O) groups is 1. The molecule has 1 aromatic carbocycles. The molecule has 1 amide bonds. The van der Waals surface area contributed by atoms with Crippen LogP contribution in [0.5, 0.6) is 0 Å². The van der Waals surface area contributed by atoms with Crippen molar-refractivity contribution in [3.05, 3.63) is 58.3 Å². The van der Waals surface area contributed by atoms with Crippen LogP contribution in [0.25, 0.3) is 0 Å². The maximum atomic E-state index is 12.4. The van der Waals surface area contributed by atoms with E-state index in [1.54, 1.807) is 4.90 Å². The fraction of sp³-hybridized carbons (Fsp3) is 0.294. The van der Waals surface area contributed by atoms with Crippen molar-refractivity contribution in [2.24, 2.45) is 0 Å². The van der Waals surface area contributed by atoms with Crippen molar-refractivity contribution in [1.82, 2.24) is 4.98 Å². The lowest BCUT2D eigenvalue weighted by molar-refractivity contribution is 0.0389. The zero-order valence-corrected chi connectivity index (χ0v) is 13.5. The number of anilines is 1. The molecule has 22 heavy (non-hydrogen) atoms. The highest BCUT2D eigenvalue weighted by Crippen LogP contribution is 2.44. The fourth-order valence-electron chi connectivity index (χ4n) is 3.39. The largest absolute Gasteiger partial charge is 0.436 e. The summed E-state index contributed by atoms with van der Waals surface area (Å²) < 4.78 is 6.78. The van der Waals surface area contributed by atoms with Gasteiger partial charge in [0, 0.05) is 27.6 Å². The SMILES string of the molecule is O=C1OC2(CCCc3ncc(Br)cc32)CN1c1ccccc1. The van der Waals surface area contributed by atoms with Crippen LogP contribution in [-0.4, -0.2) is 17.6 Å². The minimum absolute atomic E-state index is 0.279. The van der Waals surface area contributed by atoms with E-state index >= 15 is 0 Å². The number of pyridine rings is 1. The number of halogens is 1. The maximum Gasteiger partial charge on any atom is 0.415 e. The molecule has 1 atom stereocenters. The van der Waals surface area contributed by atoms with E-state index in [9.17, 15) is 4.79 Å². The van der Waals surface area contributed by atoms with E-state index in [0.29, 0.717) is 6.54 Å². The lowest BCUT2D eigenvalue weighted by Gasteiger charge is -2.32. The number of aryl methyl sites for hydroxylation is 1. The Labute approximate surface area is 137 Å². The highest BCUT2D eigenvalue weighted by Gasteiger charge is 2.49. The quantitative estimate of drug-likeness (QED) is 0.772. The van der Waals surface area contributed by atoms with Gasteiger partial charge in [0.05, 0.1) is 6.54 Å².